The summed E-state index contributed by atoms with van der Waals surface area (Å²) in [6, 6.07) is 3.23. The first-order valence-corrected chi connectivity index (χ1v) is 11.0. The van der Waals surface area contributed by atoms with Gasteiger partial charge in [-0.1, -0.05) is 0 Å². The van der Waals surface area contributed by atoms with Crippen LogP contribution in [0.15, 0.2) is 23.2 Å². The van der Waals surface area contributed by atoms with E-state index in [2.05, 4.69) is 10.4 Å². The van der Waals surface area contributed by atoms with E-state index >= 15 is 0 Å². The minimum Gasteiger partial charge on any atom is -0.348 e. The number of carbonyl (C=O) groups is 2. The van der Waals surface area contributed by atoms with E-state index in [0.717, 1.165) is 5.56 Å². The lowest BCUT2D eigenvalue weighted by atomic mass is 9.97. The van der Waals surface area contributed by atoms with Gasteiger partial charge in [-0.25, -0.2) is 8.42 Å². The Bertz CT molecular complexity index is 1120. The Morgan fingerprint density at radius 3 is 2.47 bits per heavy atom. The molecule has 0 saturated carbocycles. The number of nitrogens with one attached hydrogen (secondary N) is 1. The number of carbonyl (C=O) groups excluding carboxylic acids is 2. The molecule has 2 aromatic rings. The summed E-state index contributed by atoms with van der Waals surface area (Å²) in [5.74, 6) is -1.08. The van der Waals surface area contributed by atoms with Crippen LogP contribution in [0.1, 0.15) is 35.2 Å². The first-order valence-electron chi connectivity index (χ1n) is 9.54. The van der Waals surface area contributed by atoms with Crippen molar-refractivity contribution < 1.29 is 18.0 Å². The number of benzene rings is 1. The fourth-order valence-corrected chi connectivity index (χ4v) is 5.46. The Morgan fingerprint density at radius 1 is 1.20 bits per heavy atom. The summed E-state index contributed by atoms with van der Waals surface area (Å²) in [5.41, 5.74) is 3.09. The number of aromatic nitrogens is 2. The second-order valence-corrected chi connectivity index (χ2v) is 9.82. The second kappa shape index (κ2) is 7.84. The molecular formula is C20H27N5O4S. The Hall–Kier alpha value is -2.72. The van der Waals surface area contributed by atoms with Crippen molar-refractivity contribution in [2.75, 3.05) is 26.0 Å². The van der Waals surface area contributed by atoms with Crippen LogP contribution in [0.4, 0.5) is 5.69 Å². The molecule has 0 spiro atoms. The van der Waals surface area contributed by atoms with Crippen molar-refractivity contribution in [1.82, 2.24) is 19.0 Å². The SMILES string of the molecule is CC(=O)Nc1cc(C)c(S(=O)(=O)N2Cc3cn(C)nc3C(C(=O)N(C)C)C2)cc1C. The number of anilines is 1. The Morgan fingerprint density at radius 2 is 1.87 bits per heavy atom. The highest BCUT2D eigenvalue weighted by molar-refractivity contribution is 7.89. The maximum absolute atomic E-state index is 13.5. The number of fused-ring (bicyclic) bond motifs is 1. The molecule has 1 atom stereocenters. The van der Waals surface area contributed by atoms with Crippen molar-refractivity contribution in [3.63, 3.8) is 0 Å². The van der Waals surface area contributed by atoms with Crippen LogP contribution in [-0.4, -0.2) is 59.9 Å². The molecule has 2 heterocycles. The van der Waals surface area contributed by atoms with Gasteiger partial charge in [0.05, 0.1) is 16.5 Å². The molecule has 162 valence electrons. The van der Waals surface area contributed by atoms with E-state index < -0.39 is 15.9 Å². The van der Waals surface area contributed by atoms with Crippen molar-refractivity contribution in [1.29, 1.82) is 0 Å². The number of aryl methyl sites for hydroxylation is 3. The highest BCUT2D eigenvalue weighted by atomic mass is 32.2. The van der Waals surface area contributed by atoms with Crippen LogP contribution in [0.25, 0.3) is 0 Å². The molecule has 0 saturated heterocycles. The highest BCUT2D eigenvalue weighted by Gasteiger charge is 2.39. The van der Waals surface area contributed by atoms with E-state index in [4.69, 9.17) is 0 Å². The molecule has 1 unspecified atom stereocenters. The summed E-state index contributed by atoms with van der Waals surface area (Å²) in [5, 5.41) is 7.12. The van der Waals surface area contributed by atoms with Crippen molar-refractivity contribution in [2.45, 2.75) is 38.1 Å². The molecule has 2 amide bonds. The zero-order valence-electron chi connectivity index (χ0n) is 18.1. The van der Waals surface area contributed by atoms with Crippen molar-refractivity contribution in [2.24, 2.45) is 7.05 Å². The lowest BCUT2D eigenvalue weighted by Crippen LogP contribution is -2.43. The predicted molar refractivity (Wildman–Crippen MR) is 112 cm³/mol. The third kappa shape index (κ3) is 3.97. The van der Waals surface area contributed by atoms with Gasteiger partial charge >= 0.3 is 0 Å². The number of nitrogens with zero attached hydrogens (tertiary/aromatic N) is 4. The number of hydrogen-bond donors (Lipinski definition) is 1. The average Bonchev–Trinajstić information content (AvgIpc) is 3.02. The molecule has 0 fully saturated rings. The molecule has 0 bridgehead atoms. The summed E-state index contributed by atoms with van der Waals surface area (Å²) in [7, 11) is 1.17. The standard InChI is InChI=1S/C20H27N5O4S/c1-12-8-18(13(2)7-17(12)21-14(3)26)30(28,29)25-10-15-9-24(6)22-19(15)16(11-25)20(27)23(4)5/h7-9,16H,10-11H2,1-6H3,(H,21,26). The summed E-state index contributed by atoms with van der Waals surface area (Å²) >= 11 is 0. The summed E-state index contributed by atoms with van der Waals surface area (Å²) in [4.78, 5) is 25.8. The van der Waals surface area contributed by atoms with Gasteiger partial charge in [-0.3, -0.25) is 14.3 Å². The minimum atomic E-state index is -3.87. The zero-order valence-corrected chi connectivity index (χ0v) is 18.9. The van der Waals surface area contributed by atoms with Crippen LogP contribution in [0.2, 0.25) is 0 Å². The molecule has 9 nitrogen and oxygen atoms in total. The van der Waals surface area contributed by atoms with E-state index in [1.54, 1.807) is 58.0 Å². The van der Waals surface area contributed by atoms with Gasteiger partial charge in [-0.05, 0) is 37.1 Å². The number of hydrogen-bond acceptors (Lipinski definition) is 5. The van der Waals surface area contributed by atoms with Crippen LogP contribution in [0, 0.1) is 13.8 Å². The van der Waals surface area contributed by atoms with Crippen LogP contribution >= 0.6 is 0 Å². The second-order valence-electron chi connectivity index (χ2n) is 7.91. The summed E-state index contributed by atoms with van der Waals surface area (Å²) < 4.78 is 30.0. The average molecular weight is 434 g/mol. The van der Waals surface area contributed by atoms with Gasteiger partial charge in [0.2, 0.25) is 21.8 Å². The predicted octanol–water partition coefficient (Wildman–Crippen LogP) is 1.37. The maximum atomic E-state index is 13.5. The Kier molecular flexibility index (Phi) is 5.74. The molecule has 1 aliphatic heterocycles. The molecule has 0 radical (unpaired) electrons. The van der Waals surface area contributed by atoms with Crippen LogP contribution < -0.4 is 5.32 Å². The monoisotopic (exact) mass is 433 g/mol. The molecule has 1 aromatic heterocycles. The molecule has 1 N–H and O–H groups in total. The topological polar surface area (TPSA) is 105 Å². The van der Waals surface area contributed by atoms with E-state index in [1.165, 1.54) is 16.1 Å². The normalized spacial score (nSPS) is 16.8. The molecular weight excluding hydrogens is 406 g/mol. The third-order valence-corrected chi connectivity index (χ3v) is 7.14. The van der Waals surface area contributed by atoms with E-state index in [1.807, 2.05) is 0 Å². The van der Waals surface area contributed by atoms with Crippen molar-refractivity contribution >= 4 is 27.5 Å². The zero-order chi connectivity index (χ0) is 22.4. The number of amides is 2. The van der Waals surface area contributed by atoms with E-state index in [9.17, 15) is 18.0 Å². The van der Waals surface area contributed by atoms with Gasteiger partial charge in [0.25, 0.3) is 0 Å². The first-order chi connectivity index (χ1) is 13.9. The fraction of sp³-hybridized carbons (Fsp3) is 0.450. The number of rotatable bonds is 4. The Balaban J connectivity index is 2.03. The van der Waals surface area contributed by atoms with Gasteiger partial charge < -0.3 is 10.2 Å². The number of sulfonamides is 1. The molecule has 3 rings (SSSR count). The molecule has 1 aromatic carbocycles. The third-order valence-electron chi connectivity index (χ3n) is 5.19. The molecule has 0 aliphatic carbocycles. The molecule has 30 heavy (non-hydrogen) atoms. The smallest absolute Gasteiger partial charge is 0.243 e. The van der Waals surface area contributed by atoms with Crippen LogP contribution in [0.5, 0.6) is 0 Å². The van der Waals surface area contributed by atoms with Crippen molar-refractivity contribution in [3.8, 4) is 0 Å². The van der Waals surface area contributed by atoms with Crippen LogP contribution in [-0.2, 0) is 33.2 Å². The highest BCUT2D eigenvalue weighted by Crippen LogP contribution is 2.34. The van der Waals surface area contributed by atoms with Crippen molar-refractivity contribution in [3.05, 3.63) is 40.7 Å². The quantitative estimate of drug-likeness (QED) is 0.784. The number of likely N-dealkylation sites (N-methyl/N-ethyl adjacent to an activating group) is 1. The van der Waals surface area contributed by atoms with Gasteiger partial charge in [-0.2, -0.15) is 9.40 Å². The fourth-order valence-electron chi connectivity index (χ4n) is 3.74. The molecule has 1 aliphatic rings. The lowest BCUT2D eigenvalue weighted by molar-refractivity contribution is -0.130. The summed E-state index contributed by atoms with van der Waals surface area (Å²) in [6.07, 6.45) is 1.75. The van der Waals surface area contributed by atoms with E-state index in [0.29, 0.717) is 22.5 Å². The Labute approximate surface area is 176 Å². The molecule has 10 heteroatoms. The largest absolute Gasteiger partial charge is 0.348 e. The maximum Gasteiger partial charge on any atom is 0.243 e. The van der Waals surface area contributed by atoms with Gasteiger partial charge in [0.15, 0.2) is 0 Å². The van der Waals surface area contributed by atoms with Crippen LogP contribution in [0.3, 0.4) is 0 Å². The van der Waals surface area contributed by atoms with Gasteiger partial charge in [-0.15, -0.1) is 0 Å². The van der Waals surface area contributed by atoms with Gasteiger partial charge in [0, 0.05) is 58.6 Å². The minimum absolute atomic E-state index is 0.0231. The summed E-state index contributed by atoms with van der Waals surface area (Å²) in [6.45, 7) is 5.02. The lowest BCUT2D eigenvalue weighted by Gasteiger charge is -2.32. The van der Waals surface area contributed by atoms with Gasteiger partial charge in [0.1, 0.15) is 0 Å². The van der Waals surface area contributed by atoms with E-state index in [-0.39, 0.29) is 29.8 Å². The first kappa shape index (κ1) is 22.0.